The smallest absolute Gasteiger partial charge is 0.410 e. The van der Waals surface area contributed by atoms with Gasteiger partial charge in [0.05, 0.1) is 0 Å². The number of likely N-dealkylation sites (tertiary alicyclic amines) is 1. The van der Waals surface area contributed by atoms with Crippen molar-refractivity contribution < 1.29 is 13.9 Å². The predicted octanol–water partition coefficient (Wildman–Crippen LogP) is 3.90. The Bertz CT molecular complexity index is 624. The number of hydrogen-bond acceptors (Lipinski definition) is 4. The summed E-state index contributed by atoms with van der Waals surface area (Å²) in [5.41, 5.74) is 1.08. The molecule has 2 aromatic rings. The van der Waals surface area contributed by atoms with E-state index in [1.165, 1.54) is 0 Å². The number of benzene rings is 1. The normalized spacial score (nSPS) is 19.2. The third-order valence-corrected chi connectivity index (χ3v) is 3.48. The molecule has 5 heteroatoms. The van der Waals surface area contributed by atoms with Crippen LogP contribution in [0.3, 0.4) is 0 Å². The molecule has 0 saturated carbocycles. The van der Waals surface area contributed by atoms with Gasteiger partial charge in [0.15, 0.2) is 5.58 Å². The van der Waals surface area contributed by atoms with Crippen LogP contribution in [0.4, 0.5) is 4.79 Å². The zero-order chi connectivity index (χ0) is 15.0. The molecule has 0 unspecified atom stereocenters. The van der Waals surface area contributed by atoms with Crippen molar-refractivity contribution in [1.82, 2.24) is 9.88 Å². The van der Waals surface area contributed by atoms with Crippen LogP contribution in [0.2, 0.25) is 0 Å². The molecule has 0 radical (unpaired) electrons. The molecule has 112 valence electrons. The highest BCUT2D eigenvalue weighted by Gasteiger charge is 2.36. The molecule has 1 saturated heterocycles. The van der Waals surface area contributed by atoms with E-state index in [2.05, 4.69) is 4.98 Å². The van der Waals surface area contributed by atoms with Gasteiger partial charge in [0, 0.05) is 6.54 Å². The van der Waals surface area contributed by atoms with E-state index in [9.17, 15) is 4.79 Å². The second kappa shape index (κ2) is 5.06. The zero-order valence-electron chi connectivity index (χ0n) is 12.6. The minimum atomic E-state index is -0.495. The maximum absolute atomic E-state index is 12.3. The van der Waals surface area contributed by atoms with Crippen molar-refractivity contribution in [3.05, 3.63) is 30.2 Å². The fourth-order valence-electron chi connectivity index (χ4n) is 2.60. The first-order valence-electron chi connectivity index (χ1n) is 7.29. The molecule has 0 bridgehead atoms. The third-order valence-electron chi connectivity index (χ3n) is 3.48. The summed E-state index contributed by atoms with van der Waals surface area (Å²) >= 11 is 0. The van der Waals surface area contributed by atoms with E-state index in [0.717, 1.165) is 23.9 Å². The highest BCUT2D eigenvalue weighted by Crippen LogP contribution is 2.34. The molecular weight excluding hydrogens is 268 g/mol. The summed E-state index contributed by atoms with van der Waals surface area (Å²) in [5, 5.41) is 0. The van der Waals surface area contributed by atoms with Gasteiger partial charge in [-0.05, 0) is 45.7 Å². The van der Waals surface area contributed by atoms with E-state index < -0.39 is 5.60 Å². The largest absolute Gasteiger partial charge is 0.444 e. The Morgan fingerprint density at radius 3 is 2.86 bits per heavy atom. The molecular formula is C16H20N2O3. The predicted molar refractivity (Wildman–Crippen MR) is 78.9 cm³/mol. The van der Waals surface area contributed by atoms with Crippen molar-refractivity contribution in [1.29, 1.82) is 0 Å². The quantitative estimate of drug-likeness (QED) is 0.798. The summed E-state index contributed by atoms with van der Waals surface area (Å²) in [5.74, 6) is 0.597. The van der Waals surface area contributed by atoms with Crippen LogP contribution < -0.4 is 0 Å². The molecule has 2 heterocycles. The van der Waals surface area contributed by atoms with Gasteiger partial charge in [-0.3, -0.25) is 4.90 Å². The number of carbonyl (C=O) groups is 1. The van der Waals surface area contributed by atoms with Crippen molar-refractivity contribution in [2.45, 2.75) is 45.3 Å². The minimum Gasteiger partial charge on any atom is -0.444 e. The number of carbonyl (C=O) groups excluding carboxylic acids is 1. The maximum atomic E-state index is 12.3. The molecule has 3 rings (SSSR count). The van der Waals surface area contributed by atoms with E-state index >= 15 is 0 Å². The number of amides is 1. The van der Waals surface area contributed by atoms with Crippen molar-refractivity contribution >= 4 is 17.2 Å². The summed E-state index contributed by atoms with van der Waals surface area (Å²) in [6.45, 7) is 6.29. The summed E-state index contributed by atoms with van der Waals surface area (Å²) in [6, 6.07) is 7.51. The second-order valence-electron chi connectivity index (χ2n) is 6.35. The summed E-state index contributed by atoms with van der Waals surface area (Å²) < 4.78 is 11.3. The first-order valence-corrected chi connectivity index (χ1v) is 7.29. The topological polar surface area (TPSA) is 55.6 Å². The van der Waals surface area contributed by atoms with Crippen molar-refractivity contribution in [2.24, 2.45) is 0 Å². The van der Waals surface area contributed by atoms with Gasteiger partial charge in [-0.1, -0.05) is 12.1 Å². The summed E-state index contributed by atoms with van der Waals surface area (Å²) in [7, 11) is 0. The fourth-order valence-corrected chi connectivity index (χ4v) is 2.60. The van der Waals surface area contributed by atoms with Crippen LogP contribution in [-0.4, -0.2) is 28.1 Å². The number of aromatic nitrogens is 1. The number of rotatable bonds is 1. The molecule has 21 heavy (non-hydrogen) atoms. The lowest BCUT2D eigenvalue weighted by Gasteiger charge is -2.27. The Labute approximate surface area is 123 Å². The van der Waals surface area contributed by atoms with E-state index in [-0.39, 0.29) is 12.1 Å². The van der Waals surface area contributed by atoms with Crippen molar-refractivity contribution in [3.63, 3.8) is 0 Å². The molecule has 1 fully saturated rings. The Balaban J connectivity index is 1.85. The Morgan fingerprint density at radius 2 is 2.14 bits per heavy atom. The molecule has 1 aliphatic rings. The molecule has 1 aromatic heterocycles. The van der Waals surface area contributed by atoms with Crippen LogP contribution in [-0.2, 0) is 4.74 Å². The Hall–Kier alpha value is -2.04. The molecule has 5 nitrogen and oxygen atoms in total. The standard InChI is InChI=1S/C16H20N2O3/c1-16(2,3)21-15(19)18-10-6-8-12(18)14-17-11-7-4-5-9-13(11)20-14/h4-5,7,9,12H,6,8,10H2,1-3H3/t12-/m1/s1. The van der Waals surface area contributed by atoms with Gasteiger partial charge in [0.1, 0.15) is 17.2 Å². The van der Waals surface area contributed by atoms with Crippen LogP contribution in [0, 0.1) is 0 Å². The van der Waals surface area contributed by atoms with Gasteiger partial charge in [0.2, 0.25) is 5.89 Å². The summed E-state index contributed by atoms with van der Waals surface area (Å²) in [4.78, 5) is 18.5. The van der Waals surface area contributed by atoms with Gasteiger partial charge in [-0.25, -0.2) is 9.78 Å². The fraction of sp³-hybridized carbons (Fsp3) is 0.500. The molecule has 0 N–H and O–H groups in total. The number of oxazole rings is 1. The van der Waals surface area contributed by atoms with Gasteiger partial charge < -0.3 is 9.15 Å². The lowest BCUT2D eigenvalue weighted by atomic mass is 10.2. The maximum Gasteiger partial charge on any atom is 0.410 e. The first kappa shape index (κ1) is 13.9. The average Bonchev–Trinajstić information content (AvgIpc) is 3.02. The van der Waals surface area contributed by atoms with Crippen LogP contribution in [0.1, 0.15) is 45.5 Å². The highest BCUT2D eigenvalue weighted by molar-refractivity contribution is 5.73. The lowest BCUT2D eigenvalue weighted by molar-refractivity contribution is 0.0205. The highest BCUT2D eigenvalue weighted by atomic mass is 16.6. The van der Waals surface area contributed by atoms with Crippen molar-refractivity contribution in [2.75, 3.05) is 6.54 Å². The van der Waals surface area contributed by atoms with Gasteiger partial charge in [-0.2, -0.15) is 0 Å². The van der Waals surface area contributed by atoms with E-state index in [0.29, 0.717) is 12.4 Å². The number of ether oxygens (including phenoxy) is 1. The number of para-hydroxylation sites is 2. The Morgan fingerprint density at radius 1 is 1.38 bits per heavy atom. The van der Waals surface area contributed by atoms with E-state index in [1.807, 2.05) is 45.0 Å². The second-order valence-corrected chi connectivity index (χ2v) is 6.35. The van der Waals surface area contributed by atoms with Crippen molar-refractivity contribution in [3.8, 4) is 0 Å². The molecule has 0 spiro atoms. The van der Waals surface area contributed by atoms with Gasteiger partial charge >= 0.3 is 6.09 Å². The molecule has 1 aliphatic heterocycles. The molecule has 0 aliphatic carbocycles. The van der Waals surface area contributed by atoms with Crippen LogP contribution in [0.25, 0.3) is 11.1 Å². The van der Waals surface area contributed by atoms with Crippen LogP contribution in [0.15, 0.2) is 28.7 Å². The minimum absolute atomic E-state index is 0.132. The average molecular weight is 288 g/mol. The Kier molecular flexibility index (Phi) is 3.35. The monoisotopic (exact) mass is 288 g/mol. The molecule has 1 atom stereocenters. The van der Waals surface area contributed by atoms with Gasteiger partial charge in [-0.15, -0.1) is 0 Å². The van der Waals surface area contributed by atoms with Crippen LogP contribution >= 0.6 is 0 Å². The molecule has 1 aromatic carbocycles. The summed E-state index contributed by atoms with van der Waals surface area (Å²) in [6.07, 6.45) is 1.49. The first-order chi connectivity index (χ1) is 9.94. The number of hydrogen-bond donors (Lipinski definition) is 0. The zero-order valence-corrected chi connectivity index (χ0v) is 12.6. The molecule has 1 amide bonds. The SMILES string of the molecule is CC(C)(C)OC(=O)N1CCC[C@@H]1c1nc2ccccc2o1. The van der Waals surface area contributed by atoms with E-state index in [1.54, 1.807) is 4.90 Å². The third kappa shape index (κ3) is 2.86. The number of nitrogens with zero attached hydrogens (tertiary/aromatic N) is 2. The van der Waals surface area contributed by atoms with Gasteiger partial charge in [0.25, 0.3) is 0 Å². The lowest BCUT2D eigenvalue weighted by Crippen LogP contribution is -2.36. The number of fused-ring (bicyclic) bond motifs is 1. The van der Waals surface area contributed by atoms with E-state index in [4.69, 9.17) is 9.15 Å². The van der Waals surface area contributed by atoms with Crippen LogP contribution in [0.5, 0.6) is 0 Å².